The molecular formula is C19H36IN5O2. The Balaban J connectivity index is 0.00000364. The van der Waals surface area contributed by atoms with Crippen LogP contribution < -0.4 is 5.32 Å². The summed E-state index contributed by atoms with van der Waals surface area (Å²) in [6, 6.07) is 2.01. The molecule has 1 aromatic rings. The van der Waals surface area contributed by atoms with Crippen LogP contribution in [0.5, 0.6) is 0 Å². The van der Waals surface area contributed by atoms with E-state index in [0.717, 1.165) is 56.7 Å². The topological polar surface area (TPSA) is 66.1 Å². The minimum Gasteiger partial charge on any atom is -0.379 e. The quantitative estimate of drug-likeness (QED) is 0.374. The number of rotatable bonds is 6. The summed E-state index contributed by atoms with van der Waals surface area (Å²) in [5.41, 5.74) is 1.08. The van der Waals surface area contributed by atoms with Crippen LogP contribution in [0.2, 0.25) is 0 Å². The van der Waals surface area contributed by atoms with Crippen molar-refractivity contribution in [3.05, 3.63) is 17.5 Å². The van der Waals surface area contributed by atoms with Crippen LogP contribution in [0.1, 0.15) is 39.1 Å². The van der Waals surface area contributed by atoms with Gasteiger partial charge in [0.15, 0.2) is 5.96 Å². The first kappa shape index (κ1) is 24.2. The number of guanidine groups is 1. The maximum atomic E-state index is 5.64. The van der Waals surface area contributed by atoms with Gasteiger partial charge in [-0.05, 0) is 19.3 Å². The normalized spacial score (nSPS) is 17.6. The fraction of sp³-hybridized carbons (Fsp3) is 0.789. The zero-order valence-corrected chi connectivity index (χ0v) is 19.9. The summed E-state index contributed by atoms with van der Waals surface area (Å²) in [5.74, 6) is 1.85. The van der Waals surface area contributed by atoms with Gasteiger partial charge in [0.2, 0.25) is 0 Å². The molecule has 1 N–H and O–H groups in total. The fourth-order valence-electron chi connectivity index (χ4n) is 3.14. The molecule has 0 radical (unpaired) electrons. The molecule has 1 aliphatic heterocycles. The first-order valence-corrected chi connectivity index (χ1v) is 9.54. The van der Waals surface area contributed by atoms with E-state index in [1.165, 1.54) is 0 Å². The molecule has 7 nitrogen and oxygen atoms in total. The van der Waals surface area contributed by atoms with Crippen molar-refractivity contribution in [2.75, 3.05) is 46.4 Å². The van der Waals surface area contributed by atoms with Crippen molar-refractivity contribution in [1.29, 1.82) is 0 Å². The Hall–Kier alpha value is -0.870. The van der Waals surface area contributed by atoms with Crippen molar-refractivity contribution in [2.45, 2.75) is 47.3 Å². The number of aromatic nitrogens is 1. The van der Waals surface area contributed by atoms with Gasteiger partial charge in [0, 0.05) is 52.4 Å². The van der Waals surface area contributed by atoms with Crippen LogP contribution in [0.25, 0.3) is 0 Å². The number of nitrogens with zero attached hydrogens (tertiary/aromatic N) is 4. The molecule has 1 fully saturated rings. The molecule has 1 aromatic heterocycles. The Kier molecular flexibility index (Phi) is 10.0. The molecule has 2 heterocycles. The summed E-state index contributed by atoms with van der Waals surface area (Å²) < 4.78 is 10.8. The number of halogens is 1. The standard InChI is InChI=1S/C19H35N5O2.HI/c1-7-20-18(21-13-17(25-6)19(3,4)5)24-10-8-23(9-11-24)14-16-12-15(2)26-22-16;/h12,17H,7-11,13-14H2,1-6H3,(H,20,21);1H. The Morgan fingerprint density at radius 2 is 2.00 bits per heavy atom. The second-order valence-electron chi connectivity index (χ2n) is 7.98. The van der Waals surface area contributed by atoms with Crippen molar-refractivity contribution in [1.82, 2.24) is 20.3 Å². The Bertz CT molecular complexity index is 577. The van der Waals surface area contributed by atoms with Crippen molar-refractivity contribution in [2.24, 2.45) is 10.4 Å². The van der Waals surface area contributed by atoms with Crippen LogP contribution in [-0.4, -0.2) is 73.4 Å². The van der Waals surface area contributed by atoms with Gasteiger partial charge in [-0.1, -0.05) is 25.9 Å². The van der Waals surface area contributed by atoms with Gasteiger partial charge in [-0.2, -0.15) is 0 Å². The maximum absolute atomic E-state index is 5.64. The zero-order valence-electron chi connectivity index (χ0n) is 17.6. The van der Waals surface area contributed by atoms with Gasteiger partial charge in [0.05, 0.1) is 18.3 Å². The second-order valence-corrected chi connectivity index (χ2v) is 7.98. The Morgan fingerprint density at radius 3 is 2.48 bits per heavy atom. The molecule has 156 valence electrons. The molecule has 1 atom stereocenters. The van der Waals surface area contributed by atoms with Crippen LogP contribution in [0.3, 0.4) is 0 Å². The van der Waals surface area contributed by atoms with Gasteiger partial charge < -0.3 is 19.5 Å². The van der Waals surface area contributed by atoms with Crippen molar-refractivity contribution < 1.29 is 9.26 Å². The molecule has 2 rings (SSSR count). The number of hydrogen-bond donors (Lipinski definition) is 1. The molecule has 1 saturated heterocycles. The first-order valence-electron chi connectivity index (χ1n) is 9.54. The first-order chi connectivity index (χ1) is 12.3. The van der Waals surface area contributed by atoms with Gasteiger partial charge in [-0.25, -0.2) is 0 Å². The lowest BCUT2D eigenvalue weighted by Crippen LogP contribution is -2.52. The highest BCUT2D eigenvalue weighted by atomic mass is 127. The number of aryl methyl sites for hydroxylation is 1. The third kappa shape index (κ3) is 7.57. The number of hydrogen-bond acceptors (Lipinski definition) is 5. The molecule has 27 heavy (non-hydrogen) atoms. The molecule has 1 aliphatic rings. The molecule has 0 saturated carbocycles. The lowest BCUT2D eigenvalue weighted by molar-refractivity contribution is 0.0239. The molecule has 8 heteroatoms. The predicted molar refractivity (Wildman–Crippen MR) is 120 cm³/mol. The minimum atomic E-state index is 0. The van der Waals surface area contributed by atoms with E-state index in [4.69, 9.17) is 14.3 Å². The van der Waals surface area contributed by atoms with Crippen molar-refractivity contribution in [3.8, 4) is 0 Å². The Labute approximate surface area is 180 Å². The number of methoxy groups -OCH3 is 1. The second kappa shape index (κ2) is 11.2. The molecule has 0 aromatic carbocycles. The summed E-state index contributed by atoms with van der Waals surface area (Å²) in [4.78, 5) is 9.59. The number of ether oxygens (including phenoxy) is 1. The maximum Gasteiger partial charge on any atom is 0.194 e. The third-order valence-corrected chi connectivity index (χ3v) is 4.73. The van der Waals surface area contributed by atoms with E-state index in [2.05, 4.69) is 48.0 Å². The fourth-order valence-corrected chi connectivity index (χ4v) is 3.14. The highest BCUT2D eigenvalue weighted by molar-refractivity contribution is 14.0. The number of piperazine rings is 1. The van der Waals surface area contributed by atoms with Crippen LogP contribution in [0.15, 0.2) is 15.6 Å². The molecule has 0 amide bonds. The predicted octanol–water partition coefficient (Wildman–Crippen LogP) is 2.75. The van der Waals surface area contributed by atoms with Gasteiger partial charge in [0.1, 0.15) is 5.76 Å². The average molecular weight is 493 g/mol. The average Bonchev–Trinajstić information content (AvgIpc) is 2.99. The van der Waals surface area contributed by atoms with E-state index < -0.39 is 0 Å². The lowest BCUT2D eigenvalue weighted by atomic mass is 9.89. The highest BCUT2D eigenvalue weighted by Gasteiger charge is 2.25. The van der Waals surface area contributed by atoms with Crippen LogP contribution in [0.4, 0.5) is 0 Å². The monoisotopic (exact) mass is 493 g/mol. The van der Waals surface area contributed by atoms with Crippen molar-refractivity contribution in [3.63, 3.8) is 0 Å². The lowest BCUT2D eigenvalue weighted by Gasteiger charge is -2.36. The van der Waals surface area contributed by atoms with E-state index >= 15 is 0 Å². The van der Waals surface area contributed by atoms with Gasteiger partial charge >= 0.3 is 0 Å². The van der Waals surface area contributed by atoms with E-state index in [-0.39, 0.29) is 35.5 Å². The van der Waals surface area contributed by atoms with Crippen LogP contribution in [-0.2, 0) is 11.3 Å². The Morgan fingerprint density at radius 1 is 1.33 bits per heavy atom. The van der Waals surface area contributed by atoms with E-state index in [0.29, 0.717) is 6.54 Å². The number of nitrogens with one attached hydrogen (secondary N) is 1. The summed E-state index contributed by atoms with van der Waals surface area (Å²) in [7, 11) is 1.77. The molecule has 0 aliphatic carbocycles. The SMILES string of the molecule is CCNC(=NCC(OC)C(C)(C)C)N1CCN(Cc2cc(C)on2)CC1.I. The van der Waals surface area contributed by atoms with Gasteiger partial charge in [-0.3, -0.25) is 9.89 Å². The smallest absolute Gasteiger partial charge is 0.194 e. The van der Waals surface area contributed by atoms with E-state index in [1.807, 2.05) is 13.0 Å². The largest absolute Gasteiger partial charge is 0.379 e. The summed E-state index contributed by atoms with van der Waals surface area (Å²) >= 11 is 0. The van der Waals surface area contributed by atoms with Crippen LogP contribution >= 0.6 is 24.0 Å². The molecule has 1 unspecified atom stereocenters. The summed E-state index contributed by atoms with van der Waals surface area (Å²) in [6.07, 6.45) is 0.104. The molecule has 0 spiro atoms. The molecule has 0 bridgehead atoms. The van der Waals surface area contributed by atoms with Gasteiger partial charge in [-0.15, -0.1) is 24.0 Å². The van der Waals surface area contributed by atoms with Crippen molar-refractivity contribution >= 4 is 29.9 Å². The third-order valence-electron chi connectivity index (χ3n) is 4.73. The zero-order chi connectivity index (χ0) is 19.2. The van der Waals surface area contributed by atoms with E-state index in [9.17, 15) is 0 Å². The van der Waals surface area contributed by atoms with Gasteiger partial charge in [0.25, 0.3) is 0 Å². The molecular weight excluding hydrogens is 457 g/mol. The minimum absolute atomic E-state index is 0. The highest BCUT2D eigenvalue weighted by Crippen LogP contribution is 2.22. The number of aliphatic imine (C=N–C) groups is 1. The summed E-state index contributed by atoms with van der Waals surface area (Å²) in [5, 5.41) is 7.52. The summed E-state index contributed by atoms with van der Waals surface area (Å²) in [6.45, 7) is 16.9. The van der Waals surface area contributed by atoms with E-state index in [1.54, 1.807) is 7.11 Å². The van der Waals surface area contributed by atoms with Crippen LogP contribution in [0, 0.1) is 12.3 Å².